The Hall–Kier alpha value is -2.74. The summed E-state index contributed by atoms with van der Waals surface area (Å²) >= 11 is 6.26. The van der Waals surface area contributed by atoms with Gasteiger partial charge in [-0.3, -0.25) is 4.57 Å². The third kappa shape index (κ3) is 2.99. The lowest BCUT2D eigenvalue weighted by molar-refractivity contribution is -0.475. The van der Waals surface area contributed by atoms with Gasteiger partial charge in [0.15, 0.2) is 5.82 Å². The highest BCUT2D eigenvalue weighted by atomic mass is 35.5. The molecular weight excluding hydrogens is 368 g/mol. The first-order chi connectivity index (χ1) is 13.1. The Morgan fingerprint density at radius 2 is 1.85 bits per heavy atom. The molecular formula is C19H17ClN4O3. The number of fused-ring (bicyclic) bond motifs is 3. The summed E-state index contributed by atoms with van der Waals surface area (Å²) in [6.07, 6.45) is -0.715. The van der Waals surface area contributed by atoms with E-state index in [1.54, 1.807) is 16.7 Å². The van der Waals surface area contributed by atoms with Gasteiger partial charge in [0.25, 0.3) is 0 Å². The van der Waals surface area contributed by atoms with Crippen LogP contribution in [0.15, 0.2) is 48.5 Å². The minimum Gasteiger partial charge on any atom is -0.623 e. The molecule has 1 aliphatic rings. The zero-order valence-electron chi connectivity index (χ0n) is 14.8. The van der Waals surface area contributed by atoms with Crippen molar-refractivity contribution in [1.82, 2.24) is 14.8 Å². The van der Waals surface area contributed by atoms with Crippen molar-refractivity contribution < 1.29 is 14.2 Å². The number of hydroxylamine groups is 1. The van der Waals surface area contributed by atoms with Gasteiger partial charge in [-0.15, -0.1) is 10.2 Å². The molecule has 0 saturated heterocycles. The molecule has 138 valence electrons. The molecule has 2 heterocycles. The van der Waals surface area contributed by atoms with Gasteiger partial charge < -0.3 is 14.7 Å². The van der Waals surface area contributed by atoms with E-state index in [0.717, 1.165) is 16.0 Å². The molecule has 0 radical (unpaired) electrons. The van der Waals surface area contributed by atoms with Gasteiger partial charge in [-0.05, 0) is 30.3 Å². The number of nitrogens with zero attached hydrogens (tertiary/aromatic N) is 4. The average Bonchev–Trinajstić information content (AvgIpc) is 3.02. The van der Waals surface area contributed by atoms with Crippen molar-refractivity contribution in [1.29, 1.82) is 0 Å². The van der Waals surface area contributed by atoms with Gasteiger partial charge in [-0.2, -0.15) is 4.74 Å². The normalized spacial score (nSPS) is 13.5. The molecule has 0 bridgehead atoms. The highest BCUT2D eigenvalue weighted by molar-refractivity contribution is 6.31. The summed E-state index contributed by atoms with van der Waals surface area (Å²) in [6, 6.07) is 14.9. The molecule has 0 aliphatic carbocycles. The van der Waals surface area contributed by atoms with Crippen LogP contribution >= 0.6 is 11.6 Å². The third-order valence-electron chi connectivity index (χ3n) is 4.43. The standard InChI is InChI=1S/C19H17ClN4O3/c1-26-19(27-2)18-22-21-16-11-23(25)17(12-6-4-3-5-7-12)14-10-13(20)8-9-15(14)24(16)18/h3-10,19H,11H2,1-2H3. The maximum absolute atomic E-state index is 13.1. The highest BCUT2D eigenvalue weighted by Crippen LogP contribution is 2.30. The molecule has 8 heteroatoms. The Labute approximate surface area is 161 Å². The van der Waals surface area contributed by atoms with Gasteiger partial charge >= 0.3 is 0 Å². The number of hydrogen-bond acceptors (Lipinski definition) is 5. The fraction of sp³-hybridized carbons (Fsp3) is 0.211. The summed E-state index contributed by atoms with van der Waals surface area (Å²) in [5.41, 5.74) is 2.75. The van der Waals surface area contributed by atoms with Gasteiger partial charge in [0.05, 0.1) is 11.3 Å². The second kappa shape index (κ2) is 7.11. The largest absolute Gasteiger partial charge is 0.623 e. The summed E-state index contributed by atoms with van der Waals surface area (Å²) < 4.78 is 13.4. The highest BCUT2D eigenvalue weighted by Gasteiger charge is 2.31. The number of rotatable bonds is 4. The summed E-state index contributed by atoms with van der Waals surface area (Å²) in [7, 11) is 3.05. The molecule has 0 fully saturated rings. The number of aromatic nitrogens is 3. The molecule has 1 aromatic heterocycles. The van der Waals surface area contributed by atoms with E-state index in [2.05, 4.69) is 10.2 Å². The van der Waals surface area contributed by atoms with Crippen LogP contribution in [0.25, 0.3) is 5.69 Å². The van der Waals surface area contributed by atoms with E-state index in [4.69, 9.17) is 21.1 Å². The minimum atomic E-state index is -0.715. The number of benzene rings is 2. The summed E-state index contributed by atoms with van der Waals surface area (Å²) in [6.45, 7) is 0.0314. The quantitative estimate of drug-likeness (QED) is 0.392. The van der Waals surface area contributed by atoms with Crippen LogP contribution in [0.2, 0.25) is 5.02 Å². The molecule has 3 aromatic rings. The van der Waals surface area contributed by atoms with E-state index in [1.165, 1.54) is 14.2 Å². The molecule has 4 rings (SSSR count). The van der Waals surface area contributed by atoms with E-state index in [9.17, 15) is 5.21 Å². The van der Waals surface area contributed by atoms with Crippen LogP contribution < -0.4 is 0 Å². The van der Waals surface area contributed by atoms with Crippen LogP contribution in [0.3, 0.4) is 0 Å². The molecule has 27 heavy (non-hydrogen) atoms. The van der Waals surface area contributed by atoms with Crippen molar-refractivity contribution in [3.05, 3.63) is 81.5 Å². The van der Waals surface area contributed by atoms with Crippen molar-refractivity contribution in [3.8, 4) is 5.69 Å². The third-order valence-corrected chi connectivity index (χ3v) is 4.67. The van der Waals surface area contributed by atoms with Crippen LogP contribution in [-0.2, 0) is 16.0 Å². The Morgan fingerprint density at radius 1 is 1.11 bits per heavy atom. The lowest BCUT2D eigenvalue weighted by atomic mass is 10.0. The molecule has 0 amide bonds. The maximum Gasteiger partial charge on any atom is 0.228 e. The van der Waals surface area contributed by atoms with Gasteiger partial charge in [-0.25, -0.2) is 0 Å². The Balaban J connectivity index is 2.01. The molecule has 0 atom stereocenters. The van der Waals surface area contributed by atoms with E-state index in [1.807, 2.05) is 36.4 Å². The Bertz CT molecular complexity index is 1010. The fourth-order valence-corrected chi connectivity index (χ4v) is 3.46. The first-order valence-electron chi connectivity index (χ1n) is 8.31. The first-order valence-corrected chi connectivity index (χ1v) is 8.69. The predicted octanol–water partition coefficient (Wildman–Crippen LogP) is 3.07. The monoisotopic (exact) mass is 384 g/mol. The van der Waals surface area contributed by atoms with Crippen molar-refractivity contribution in [2.75, 3.05) is 14.2 Å². The number of ether oxygens (including phenoxy) is 2. The van der Waals surface area contributed by atoms with E-state index in [0.29, 0.717) is 27.9 Å². The van der Waals surface area contributed by atoms with E-state index < -0.39 is 6.29 Å². The second-order valence-electron chi connectivity index (χ2n) is 6.03. The van der Waals surface area contributed by atoms with Gasteiger partial charge in [0, 0.05) is 24.8 Å². The molecule has 1 aliphatic heterocycles. The van der Waals surface area contributed by atoms with Crippen LogP contribution in [0.1, 0.15) is 29.1 Å². The van der Waals surface area contributed by atoms with Crippen molar-refractivity contribution in [2.24, 2.45) is 0 Å². The van der Waals surface area contributed by atoms with Crippen LogP contribution in [0, 0.1) is 5.21 Å². The van der Waals surface area contributed by atoms with E-state index in [-0.39, 0.29) is 6.54 Å². The summed E-state index contributed by atoms with van der Waals surface area (Å²) in [5.74, 6) is 0.954. The predicted molar refractivity (Wildman–Crippen MR) is 100 cm³/mol. The SMILES string of the molecule is COC(OC)c1nnc2n1-c1ccc(Cl)cc1C(c1ccccc1)=[N+]([O-])C2. The molecule has 0 spiro atoms. The molecule has 0 N–H and O–H groups in total. The van der Waals surface area contributed by atoms with Crippen molar-refractivity contribution in [2.45, 2.75) is 12.8 Å². The van der Waals surface area contributed by atoms with Crippen LogP contribution in [0.4, 0.5) is 0 Å². The van der Waals surface area contributed by atoms with Crippen molar-refractivity contribution >= 4 is 17.3 Å². The second-order valence-corrected chi connectivity index (χ2v) is 6.46. The molecule has 0 unspecified atom stereocenters. The average molecular weight is 385 g/mol. The number of methoxy groups -OCH3 is 2. The van der Waals surface area contributed by atoms with E-state index >= 15 is 0 Å². The van der Waals surface area contributed by atoms with Crippen LogP contribution in [0.5, 0.6) is 0 Å². The zero-order chi connectivity index (χ0) is 19.0. The van der Waals surface area contributed by atoms with Gasteiger partial charge in [-0.1, -0.05) is 29.8 Å². The summed E-state index contributed by atoms with van der Waals surface area (Å²) in [4.78, 5) is 0. The van der Waals surface area contributed by atoms with Crippen molar-refractivity contribution in [3.63, 3.8) is 0 Å². The van der Waals surface area contributed by atoms with Gasteiger partial charge in [0.1, 0.15) is 0 Å². The first kappa shape index (κ1) is 17.7. The minimum absolute atomic E-state index is 0.0314. The fourth-order valence-electron chi connectivity index (χ4n) is 3.29. The lowest BCUT2D eigenvalue weighted by Gasteiger charge is -2.16. The van der Waals surface area contributed by atoms with Crippen LogP contribution in [-0.4, -0.2) is 39.4 Å². The zero-order valence-corrected chi connectivity index (χ0v) is 15.6. The number of hydrogen-bond donors (Lipinski definition) is 0. The Morgan fingerprint density at radius 3 is 2.56 bits per heavy atom. The smallest absolute Gasteiger partial charge is 0.228 e. The Kier molecular flexibility index (Phi) is 4.65. The lowest BCUT2D eigenvalue weighted by Crippen LogP contribution is -2.17. The topological polar surface area (TPSA) is 75.2 Å². The molecule has 2 aromatic carbocycles. The van der Waals surface area contributed by atoms with Gasteiger partial charge in [0.2, 0.25) is 24.4 Å². The summed E-state index contributed by atoms with van der Waals surface area (Å²) in [5, 5.41) is 22.0. The molecule has 0 saturated carbocycles. The molecule has 7 nitrogen and oxygen atoms in total. The number of halogens is 1. The maximum atomic E-state index is 13.1.